The van der Waals surface area contributed by atoms with Gasteiger partial charge in [-0.1, -0.05) is 73.7 Å². The Morgan fingerprint density at radius 1 is 0.867 bits per heavy atom. The first kappa shape index (κ1) is 20.4. The third-order valence-corrected chi connectivity index (χ3v) is 6.28. The SMILES string of the molecule is CC[C@@H](NC(=O)c1ccccc1CCc1ccccc1)c1ccc2c(c1)CCCC2. The minimum Gasteiger partial charge on any atom is -0.345 e. The van der Waals surface area contributed by atoms with Gasteiger partial charge in [-0.05, 0) is 78.8 Å². The van der Waals surface area contributed by atoms with E-state index in [1.807, 2.05) is 24.3 Å². The lowest BCUT2D eigenvalue weighted by atomic mass is 9.88. The maximum Gasteiger partial charge on any atom is 0.252 e. The summed E-state index contributed by atoms with van der Waals surface area (Å²) in [5.41, 5.74) is 7.39. The maximum atomic E-state index is 13.2. The van der Waals surface area contributed by atoms with Crippen LogP contribution in [-0.4, -0.2) is 5.91 Å². The van der Waals surface area contributed by atoms with Crippen LogP contribution in [0.2, 0.25) is 0 Å². The Hall–Kier alpha value is -2.87. The second-order valence-electron chi connectivity index (χ2n) is 8.31. The average Bonchev–Trinajstić information content (AvgIpc) is 2.81. The Morgan fingerprint density at radius 3 is 2.40 bits per heavy atom. The minimum atomic E-state index is 0.0308. The van der Waals surface area contributed by atoms with Crippen LogP contribution < -0.4 is 5.32 Å². The lowest BCUT2D eigenvalue weighted by molar-refractivity contribution is 0.0934. The van der Waals surface area contributed by atoms with E-state index in [0.717, 1.165) is 36.8 Å². The van der Waals surface area contributed by atoms with E-state index in [1.54, 1.807) is 0 Å². The largest absolute Gasteiger partial charge is 0.345 e. The molecule has 0 heterocycles. The highest BCUT2D eigenvalue weighted by Crippen LogP contribution is 2.26. The number of fused-ring (bicyclic) bond motifs is 1. The fraction of sp³-hybridized carbons (Fsp3) is 0.321. The molecule has 1 amide bonds. The molecule has 3 aromatic rings. The molecule has 0 bridgehead atoms. The van der Waals surface area contributed by atoms with E-state index < -0.39 is 0 Å². The molecular weight excluding hydrogens is 366 g/mol. The van der Waals surface area contributed by atoms with E-state index in [-0.39, 0.29) is 11.9 Å². The molecule has 3 aromatic carbocycles. The Kier molecular flexibility index (Phi) is 6.63. The molecule has 2 heteroatoms. The van der Waals surface area contributed by atoms with Crippen LogP contribution in [0.1, 0.15) is 70.4 Å². The molecule has 0 radical (unpaired) electrons. The summed E-state index contributed by atoms with van der Waals surface area (Å²) in [7, 11) is 0. The van der Waals surface area contributed by atoms with Crippen molar-refractivity contribution in [3.63, 3.8) is 0 Å². The van der Waals surface area contributed by atoms with Crippen LogP contribution in [0.4, 0.5) is 0 Å². The molecule has 1 N–H and O–H groups in total. The quantitative estimate of drug-likeness (QED) is 0.503. The summed E-state index contributed by atoms with van der Waals surface area (Å²) in [5.74, 6) is 0.0308. The summed E-state index contributed by atoms with van der Waals surface area (Å²) < 4.78 is 0. The number of amides is 1. The number of rotatable bonds is 7. The zero-order valence-corrected chi connectivity index (χ0v) is 17.9. The highest BCUT2D eigenvalue weighted by molar-refractivity contribution is 5.96. The molecule has 154 valence electrons. The Bertz CT molecular complexity index is 993. The zero-order valence-electron chi connectivity index (χ0n) is 17.9. The van der Waals surface area contributed by atoms with Crippen molar-refractivity contribution in [1.29, 1.82) is 0 Å². The summed E-state index contributed by atoms with van der Waals surface area (Å²) in [4.78, 5) is 13.2. The van der Waals surface area contributed by atoms with E-state index in [2.05, 4.69) is 60.8 Å². The van der Waals surface area contributed by atoms with Crippen LogP contribution in [-0.2, 0) is 25.7 Å². The van der Waals surface area contributed by atoms with Gasteiger partial charge in [-0.15, -0.1) is 0 Å². The molecule has 1 aliphatic rings. The van der Waals surface area contributed by atoms with Crippen LogP contribution in [0, 0.1) is 0 Å². The zero-order chi connectivity index (χ0) is 20.8. The smallest absolute Gasteiger partial charge is 0.252 e. The monoisotopic (exact) mass is 397 g/mol. The van der Waals surface area contributed by atoms with E-state index in [9.17, 15) is 4.79 Å². The molecule has 1 atom stereocenters. The molecule has 0 fully saturated rings. The summed E-state index contributed by atoms with van der Waals surface area (Å²) >= 11 is 0. The van der Waals surface area contributed by atoms with E-state index in [0.29, 0.717) is 0 Å². The van der Waals surface area contributed by atoms with Gasteiger partial charge in [0, 0.05) is 5.56 Å². The van der Waals surface area contributed by atoms with Crippen molar-refractivity contribution in [1.82, 2.24) is 5.32 Å². The highest BCUT2D eigenvalue weighted by atomic mass is 16.1. The van der Waals surface area contributed by atoms with Crippen molar-refractivity contribution < 1.29 is 4.79 Å². The van der Waals surface area contributed by atoms with Gasteiger partial charge in [0.25, 0.3) is 5.91 Å². The van der Waals surface area contributed by atoms with Gasteiger partial charge in [-0.3, -0.25) is 4.79 Å². The minimum absolute atomic E-state index is 0.0308. The molecule has 4 rings (SSSR count). The molecule has 1 aliphatic carbocycles. The first-order chi connectivity index (χ1) is 14.7. The molecule has 0 aliphatic heterocycles. The highest BCUT2D eigenvalue weighted by Gasteiger charge is 2.18. The standard InChI is InChI=1S/C28H31NO/c1-2-27(25-19-18-22-12-6-7-14-24(22)20-25)29-28(30)26-15-9-8-13-23(26)17-16-21-10-4-3-5-11-21/h3-5,8-11,13,15,18-20,27H,2,6-7,12,14,16-17H2,1H3,(H,29,30)/t27-/m1/s1. The predicted octanol–water partition coefficient (Wildman–Crippen LogP) is 6.23. The third-order valence-electron chi connectivity index (χ3n) is 6.28. The lowest BCUT2D eigenvalue weighted by Gasteiger charge is -2.22. The first-order valence-electron chi connectivity index (χ1n) is 11.3. The number of aryl methyl sites for hydroxylation is 4. The molecule has 0 aromatic heterocycles. The van der Waals surface area contributed by atoms with Gasteiger partial charge in [0.1, 0.15) is 0 Å². The summed E-state index contributed by atoms with van der Waals surface area (Å²) in [5, 5.41) is 3.31. The normalized spacial score (nSPS) is 14.0. The van der Waals surface area contributed by atoms with Crippen LogP contribution in [0.3, 0.4) is 0 Å². The number of nitrogens with one attached hydrogen (secondary N) is 1. The average molecular weight is 398 g/mol. The number of carbonyl (C=O) groups is 1. The van der Waals surface area contributed by atoms with Gasteiger partial charge in [0.2, 0.25) is 0 Å². The second kappa shape index (κ2) is 9.75. The topological polar surface area (TPSA) is 29.1 Å². The van der Waals surface area contributed by atoms with Gasteiger partial charge in [-0.2, -0.15) is 0 Å². The number of benzene rings is 3. The van der Waals surface area contributed by atoms with Gasteiger partial charge in [-0.25, -0.2) is 0 Å². The third kappa shape index (κ3) is 4.81. The van der Waals surface area contributed by atoms with Crippen LogP contribution in [0.15, 0.2) is 72.8 Å². The van der Waals surface area contributed by atoms with E-state index in [1.165, 1.54) is 41.5 Å². The van der Waals surface area contributed by atoms with E-state index >= 15 is 0 Å². The van der Waals surface area contributed by atoms with Gasteiger partial charge in [0.15, 0.2) is 0 Å². The van der Waals surface area contributed by atoms with Gasteiger partial charge < -0.3 is 5.32 Å². The van der Waals surface area contributed by atoms with Crippen molar-refractivity contribution in [2.45, 2.75) is 57.9 Å². The van der Waals surface area contributed by atoms with Crippen LogP contribution >= 0.6 is 0 Å². The van der Waals surface area contributed by atoms with Crippen LogP contribution in [0.5, 0.6) is 0 Å². The molecule has 0 spiro atoms. The van der Waals surface area contributed by atoms with E-state index in [4.69, 9.17) is 0 Å². The Morgan fingerprint density at radius 2 is 1.60 bits per heavy atom. The molecule has 0 unspecified atom stereocenters. The molecule has 30 heavy (non-hydrogen) atoms. The number of hydrogen-bond donors (Lipinski definition) is 1. The van der Waals surface area contributed by atoms with Crippen LogP contribution in [0.25, 0.3) is 0 Å². The molecule has 0 saturated carbocycles. The summed E-state index contributed by atoms with van der Waals surface area (Å²) in [6, 6.07) is 25.3. The lowest BCUT2D eigenvalue weighted by Crippen LogP contribution is -2.29. The number of carbonyl (C=O) groups excluding carboxylic acids is 1. The maximum absolute atomic E-state index is 13.2. The van der Waals surface area contributed by atoms with Crippen molar-refractivity contribution in [3.8, 4) is 0 Å². The van der Waals surface area contributed by atoms with Crippen molar-refractivity contribution >= 4 is 5.91 Å². The Labute approximate surface area is 180 Å². The predicted molar refractivity (Wildman–Crippen MR) is 124 cm³/mol. The second-order valence-corrected chi connectivity index (χ2v) is 8.31. The molecular formula is C28H31NO. The van der Waals surface area contributed by atoms with Gasteiger partial charge >= 0.3 is 0 Å². The fourth-order valence-corrected chi connectivity index (χ4v) is 4.51. The van der Waals surface area contributed by atoms with Crippen molar-refractivity contribution in [2.24, 2.45) is 0 Å². The van der Waals surface area contributed by atoms with Gasteiger partial charge in [0.05, 0.1) is 6.04 Å². The molecule has 0 saturated heterocycles. The number of hydrogen-bond acceptors (Lipinski definition) is 1. The summed E-state index contributed by atoms with van der Waals surface area (Å²) in [6.45, 7) is 2.14. The van der Waals surface area contributed by atoms with Crippen molar-refractivity contribution in [2.75, 3.05) is 0 Å². The fourth-order valence-electron chi connectivity index (χ4n) is 4.51. The molecule has 2 nitrogen and oxygen atoms in total. The first-order valence-corrected chi connectivity index (χ1v) is 11.3. The summed E-state index contributed by atoms with van der Waals surface area (Å²) in [6.07, 6.45) is 7.60. The van der Waals surface area contributed by atoms with Crippen molar-refractivity contribution in [3.05, 3.63) is 106 Å². The Balaban J connectivity index is 1.48.